The lowest BCUT2D eigenvalue weighted by Crippen LogP contribution is -1.83. The van der Waals surface area contributed by atoms with Crippen LogP contribution in [0.1, 0.15) is 0 Å². The summed E-state index contributed by atoms with van der Waals surface area (Å²) in [5, 5.41) is 2.92. The summed E-state index contributed by atoms with van der Waals surface area (Å²) >= 11 is 1.58. The van der Waals surface area contributed by atoms with Crippen LogP contribution in [0.5, 0.6) is 0 Å². The minimum absolute atomic E-state index is 0.603. The SMILES string of the molecule is c1ccc(-c2csc(-c3nc(-c4ccccc4)oc3-c3ccccc3)n2)cc1. The summed E-state index contributed by atoms with van der Waals surface area (Å²) < 4.78 is 6.21. The van der Waals surface area contributed by atoms with Crippen molar-refractivity contribution in [3.05, 3.63) is 96.4 Å². The molecule has 5 aromatic rings. The molecule has 0 N–H and O–H groups in total. The zero-order chi connectivity index (χ0) is 18.8. The topological polar surface area (TPSA) is 38.9 Å². The lowest BCUT2D eigenvalue weighted by Gasteiger charge is -1.98. The van der Waals surface area contributed by atoms with E-state index in [1.54, 1.807) is 11.3 Å². The third kappa shape index (κ3) is 3.15. The third-order valence-electron chi connectivity index (χ3n) is 4.46. The molecule has 0 spiro atoms. The van der Waals surface area contributed by atoms with E-state index in [2.05, 4.69) is 17.5 Å². The summed E-state index contributed by atoms with van der Waals surface area (Å²) in [5.41, 5.74) is 4.76. The fourth-order valence-corrected chi connectivity index (χ4v) is 3.89. The molecule has 0 bridgehead atoms. The minimum atomic E-state index is 0.603. The van der Waals surface area contributed by atoms with Crippen LogP contribution in [0, 0.1) is 0 Å². The van der Waals surface area contributed by atoms with Gasteiger partial charge in [-0.3, -0.25) is 0 Å². The van der Waals surface area contributed by atoms with Gasteiger partial charge in [-0.1, -0.05) is 78.9 Å². The number of hydrogen-bond donors (Lipinski definition) is 0. The Bertz CT molecular complexity index is 1200. The van der Waals surface area contributed by atoms with Crippen molar-refractivity contribution in [2.45, 2.75) is 0 Å². The van der Waals surface area contributed by atoms with Gasteiger partial charge in [0.25, 0.3) is 0 Å². The monoisotopic (exact) mass is 380 g/mol. The molecule has 0 aliphatic heterocycles. The number of hydrogen-bond acceptors (Lipinski definition) is 4. The molecule has 134 valence electrons. The Morgan fingerprint density at radius 1 is 0.607 bits per heavy atom. The summed E-state index contributed by atoms with van der Waals surface area (Å²) in [7, 11) is 0. The van der Waals surface area contributed by atoms with Crippen LogP contribution in [0.25, 0.3) is 44.7 Å². The maximum absolute atomic E-state index is 6.21. The molecule has 3 aromatic carbocycles. The van der Waals surface area contributed by atoms with Gasteiger partial charge in [0.05, 0.1) is 5.69 Å². The van der Waals surface area contributed by atoms with Crippen LogP contribution in [-0.2, 0) is 0 Å². The van der Waals surface area contributed by atoms with Crippen LogP contribution in [0.4, 0.5) is 0 Å². The van der Waals surface area contributed by atoms with Crippen LogP contribution in [-0.4, -0.2) is 9.97 Å². The molecule has 0 amide bonds. The van der Waals surface area contributed by atoms with Gasteiger partial charge < -0.3 is 4.42 Å². The molecule has 3 nitrogen and oxygen atoms in total. The van der Waals surface area contributed by atoms with Crippen LogP contribution in [0.3, 0.4) is 0 Å². The van der Waals surface area contributed by atoms with Crippen molar-refractivity contribution in [2.75, 3.05) is 0 Å². The predicted octanol–water partition coefficient (Wildman–Crippen LogP) is 6.80. The Morgan fingerprint density at radius 3 is 1.82 bits per heavy atom. The average molecular weight is 380 g/mol. The highest BCUT2D eigenvalue weighted by molar-refractivity contribution is 7.13. The smallest absolute Gasteiger partial charge is 0.227 e. The number of aromatic nitrogens is 2. The molecule has 28 heavy (non-hydrogen) atoms. The van der Waals surface area contributed by atoms with E-state index in [9.17, 15) is 0 Å². The standard InChI is InChI=1S/C24H16N2OS/c1-4-10-17(11-5-1)20-16-28-24(25-20)21-22(18-12-6-2-7-13-18)27-23(26-21)19-14-8-3-9-15-19/h1-16H. The normalized spacial score (nSPS) is 10.9. The Labute approximate surface area is 167 Å². The van der Waals surface area contributed by atoms with Crippen molar-refractivity contribution in [3.8, 4) is 44.7 Å². The molecule has 4 heteroatoms. The first-order chi connectivity index (χ1) is 13.9. The van der Waals surface area contributed by atoms with Crippen LogP contribution < -0.4 is 0 Å². The largest absolute Gasteiger partial charge is 0.435 e. The Balaban J connectivity index is 1.64. The molecule has 0 aliphatic carbocycles. The molecule has 0 unspecified atom stereocenters. The lowest BCUT2D eigenvalue weighted by molar-refractivity contribution is 0.589. The first kappa shape index (κ1) is 16.7. The molecular weight excluding hydrogens is 364 g/mol. The molecule has 0 saturated carbocycles. The van der Waals surface area contributed by atoms with E-state index in [-0.39, 0.29) is 0 Å². The number of nitrogens with zero attached hydrogens (tertiary/aromatic N) is 2. The molecule has 0 radical (unpaired) electrons. The molecule has 2 heterocycles. The highest BCUT2D eigenvalue weighted by atomic mass is 32.1. The molecule has 5 rings (SSSR count). The molecule has 0 fully saturated rings. The highest BCUT2D eigenvalue weighted by Gasteiger charge is 2.20. The van der Waals surface area contributed by atoms with Gasteiger partial charge in [-0.2, -0.15) is 0 Å². The summed E-state index contributed by atoms with van der Waals surface area (Å²) in [4.78, 5) is 9.66. The Kier molecular flexibility index (Phi) is 4.31. The summed E-state index contributed by atoms with van der Waals surface area (Å²) in [6, 6.07) is 30.2. The zero-order valence-corrected chi connectivity index (χ0v) is 15.8. The van der Waals surface area contributed by atoms with Gasteiger partial charge in [-0.05, 0) is 12.1 Å². The number of thiazole rings is 1. The van der Waals surface area contributed by atoms with Crippen molar-refractivity contribution >= 4 is 11.3 Å². The first-order valence-corrected chi connectivity index (χ1v) is 9.89. The highest BCUT2D eigenvalue weighted by Crippen LogP contribution is 2.38. The van der Waals surface area contributed by atoms with Crippen LogP contribution in [0.15, 0.2) is 101 Å². The number of oxazole rings is 1. The van der Waals surface area contributed by atoms with Crippen molar-refractivity contribution in [3.63, 3.8) is 0 Å². The van der Waals surface area contributed by atoms with E-state index in [1.165, 1.54) is 0 Å². The molecule has 0 aliphatic rings. The second-order valence-electron chi connectivity index (χ2n) is 6.33. The second kappa shape index (κ2) is 7.25. The van der Waals surface area contributed by atoms with Gasteiger partial charge in [0.2, 0.25) is 5.89 Å². The van der Waals surface area contributed by atoms with Gasteiger partial charge in [0.1, 0.15) is 10.7 Å². The van der Waals surface area contributed by atoms with Crippen LogP contribution in [0.2, 0.25) is 0 Å². The van der Waals surface area contributed by atoms with Crippen molar-refractivity contribution in [2.24, 2.45) is 0 Å². The van der Waals surface area contributed by atoms with E-state index in [4.69, 9.17) is 14.4 Å². The molecule has 0 saturated heterocycles. The van der Waals surface area contributed by atoms with Crippen molar-refractivity contribution < 1.29 is 4.42 Å². The van der Waals surface area contributed by atoms with Crippen molar-refractivity contribution in [1.82, 2.24) is 9.97 Å². The minimum Gasteiger partial charge on any atom is -0.435 e. The second-order valence-corrected chi connectivity index (χ2v) is 7.19. The fraction of sp³-hybridized carbons (Fsp3) is 0. The fourth-order valence-electron chi connectivity index (χ4n) is 3.08. The van der Waals surface area contributed by atoms with Gasteiger partial charge in [0.15, 0.2) is 5.76 Å². The third-order valence-corrected chi connectivity index (χ3v) is 5.31. The van der Waals surface area contributed by atoms with Gasteiger partial charge in [-0.15, -0.1) is 11.3 Å². The maximum Gasteiger partial charge on any atom is 0.227 e. The summed E-state index contributed by atoms with van der Waals surface area (Å²) in [5.74, 6) is 1.35. The van der Waals surface area contributed by atoms with Crippen molar-refractivity contribution in [1.29, 1.82) is 0 Å². The van der Waals surface area contributed by atoms with Crippen LogP contribution >= 0.6 is 11.3 Å². The summed E-state index contributed by atoms with van der Waals surface area (Å²) in [6.45, 7) is 0. The molecule has 0 atom stereocenters. The lowest BCUT2D eigenvalue weighted by atomic mass is 10.1. The van der Waals surface area contributed by atoms with E-state index in [0.29, 0.717) is 5.89 Å². The molecular formula is C24H16N2OS. The zero-order valence-electron chi connectivity index (χ0n) is 14.9. The first-order valence-electron chi connectivity index (χ1n) is 9.01. The number of benzene rings is 3. The predicted molar refractivity (Wildman–Crippen MR) is 114 cm³/mol. The maximum atomic E-state index is 6.21. The van der Waals surface area contributed by atoms with Gasteiger partial charge >= 0.3 is 0 Å². The van der Waals surface area contributed by atoms with E-state index < -0.39 is 0 Å². The van der Waals surface area contributed by atoms with E-state index >= 15 is 0 Å². The molecule has 2 aromatic heterocycles. The number of rotatable bonds is 4. The average Bonchev–Trinajstić information content (AvgIpc) is 3.43. The van der Waals surface area contributed by atoms with E-state index in [1.807, 2.05) is 78.9 Å². The summed E-state index contributed by atoms with van der Waals surface area (Å²) in [6.07, 6.45) is 0. The van der Waals surface area contributed by atoms with E-state index in [0.717, 1.165) is 38.8 Å². The Hall–Kier alpha value is -3.50. The Morgan fingerprint density at radius 2 is 1.18 bits per heavy atom. The quantitative estimate of drug-likeness (QED) is 0.344. The van der Waals surface area contributed by atoms with Gasteiger partial charge in [0, 0.05) is 22.1 Å². The van der Waals surface area contributed by atoms with Gasteiger partial charge in [-0.25, -0.2) is 9.97 Å².